The third-order valence-corrected chi connectivity index (χ3v) is 3.73. The topological polar surface area (TPSA) is 94.5 Å². The molecule has 1 aliphatic heterocycles. The molecule has 0 radical (unpaired) electrons. The minimum atomic E-state index is -0.320. The fourth-order valence-electron chi connectivity index (χ4n) is 2.49. The highest BCUT2D eigenvalue weighted by Gasteiger charge is 2.27. The summed E-state index contributed by atoms with van der Waals surface area (Å²) in [4.78, 5) is 17.4. The van der Waals surface area contributed by atoms with Crippen molar-refractivity contribution in [1.82, 2.24) is 15.0 Å². The van der Waals surface area contributed by atoms with Crippen molar-refractivity contribution < 1.29 is 18.4 Å². The van der Waals surface area contributed by atoms with Gasteiger partial charge in [0.25, 0.3) is 0 Å². The number of hydrogen-bond donors (Lipinski definition) is 1. The van der Waals surface area contributed by atoms with Crippen LogP contribution in [0.2, 0.25) is 0 Å². The maximum atomic E-state index is 12.8. The third kappa shape index (κ3) is 4.04. The molecule has 23 heavy (non-hydrogen) atoms. The van der Waals surface area contributed by atoms with E-state index in [2.05, 4.69) is 10.1 Å². The van der Waals surface area contributed by atoms with Gasteiger partial charge in [-0.25, -0.2) is 4.39 Å². The number of aromatic nitrogens is 2. The molecule has 1 aromatic heterocycles. The summed E-state index contributed by atoms with van der Waals surface area (Å²) in [5, 5.41) is 3.84. The maximum absolute atomic E-state index is 12.8. The predicted octanol–water partition coefficient (Wildman–Crippen LogP) is 1.09. The molecule has 0 bridgehead atoms. The average molecular weight is 320 g/mol. The highest BCUT2D eigenvalue weighted by molar-refractivity contribution is 5.77. The minimum Gasteiger partial charge on any atom is -0.485 e. The summed E-state index contributed by atoms with van der Waals surface area (Å²) in [5.74, 6) is 0.703. The summed E-state index contributed by atoms with van der Waals surface area (Å²) in [6, 6.07) is 5.70. The number of halogens is 1. The Labute approximate surface area is 132 Å². The largest absolute Gasteiger partial charge is 0.485 e. The van der Waals surface area contributed by atoms with Gasteiger partial charge in [0.05, 0.1) is 12.5 Å². The summed E-state index contributed by atoms with van der Waals surface area (Å²) in [6.45, 7) is 2.00. The molecule has 7 nitrogen and oxygen atoms in total. The van der Waals surface area contributed by atoms with Crippen molar-refractivity contribution in [2.24, 2.45) is 11.7 Å². The monoisotopic (exact) mass is 320 g/mol. The number of likely N-dealkylation sites (tertiary alicyclic amines) is 1. The van der Waals surface area contributed by atoms with Gasteiger partial charge in [0.1, 0.15) is 11.6 Å². The Morgan fingerprint density at radius 3 is 2.91 bits per heavy atom. The zero-order chi connectivity index (χ0) is 16.2. The van der Waals surface area contributed by atoms with Gasteiger partial charge in [0.2, 0.25) is 17.6 Å². The van der Waals surface area contributed by atoms with Gasteiger partial charge in [-0.1, -0.05) is 5.16 Å². The smallest absolute Gasteiger partial charge is 0.240 e. The van der Waals surface area contributed by atoms with E-state index in [0.29, 0.717) is 30.6 Å². The van der Waals surface area contributed by atoms with Gasteiger partial charge in [-0.05, 0) is 37.2 Å². The first kappa shape index (κ1) is 15.4. The standard InChI is InChI=1S/C15H17FN4O3/c16-11-1-3-12(4-2-11)22-9-13-18-14(23-19-13)8-20-6-5-10(7-20)15(17)21/h1-4,10H,5-9H2,(H2,17,21)/t10-/m1/s1. The summed E-state index contributed by atoms with van der Waals surface area (Å²) in [6.07, 6.45) is 0.754. The fraction of sp³-hybridized carbons (Fsp3) is 0.400. The molecule has 3 rings (SSSR count). The van der Waals surface area contributed by atoms with Gasteiger partial charge in [-0.2, -0.15) is 4.98 Å². The van der Waals surface area contributed by atoms with Crippen LogP contribution in [0.25, 0.3) is 0 Å². The van der Waals surface area contributed by atoms with E-state index in [1.807, 2.05) is 4.90 Å². The van der Waals surface area contributed by atoms with Crippen LogP contribution in [0.5, 0.6) is 5.75 Å². The molecule has 1 atom stereocenters. The summed E-state index contributed by atoms with van der Waals surface area (Å²) in [7, 11) is 0. The molecule has 2 aromatic rings. The van der Waals surface area contributed by atoms with E-state index in [9.17, 15) is 9.18 Å². The van der Waals surface area contributed by atoms with Gasteiger partial charge in [-0.3, -0.25) is 9.69 Å². The number of rotatable bonds is 6. The normalized spacial score (nSPS) is 18.2. The van der Waals surface area contributed by atoms with Crippen LogP contribution >= 0.6 is 0 Å². The van der Waals surface area contributed by atoms with Crippen LogP contribution in [0.3, 0.4) is 0 Å². The lowest BCUT2D eigenvalue weighted by Gasteiger charge is -2.11. The Morgan fingerprint density at radius 2 is 2.22 bits per heavy atom. The molecule has 1 saturated heterocycles. The number of nitrogens with two attached hydrogens (primary N) is 1. The molecule has 0 spiro atoms. The number of carbonyl (C=O) groups is 1. The van der Waals surface area contributed by atoms with Crippen LogP contribution in [-0.4, -0.2) is 34.0 Å². The molecule has 1 aromatic carbocycles. The van der Waals surface area contributed by atoms with Gasteiger partial charge in [-0.15, -0.1) is 0 Å². The van der Waals surface area contributed by atoms with Crippen molar-refractivity contribution in [2.45, 2.75) is 19.6 Å². The molecule has 1 amide bonds. The summed E-state index contributed by atoms with van der Waals surface area (Å²) >= 11 is 0. The first-order chi connectivity index (χ1) is 11.1. The SMILES string of the molecule is NC(=O)[C@@H]1CCN(Cc2nc(COc3ccc(F)cc3)no2)C1. The lowest BCUT2D eigenvalue weighted by Crippen LogP contribution is -2.27. The van der Waals surface area contributed by atoms with E-state index in [1.54, 1.807) is 0 Å². The van der Waals surface area contributed by atoms with Crippen molar-refractivity contribution in [1.29, 1.82) is 0 Å². The van der Waals surface area contributed by atoms with Crippen LogP contribution in [0, 0.1) is 11.7 Å². The molecule has 0 aliphatic carbocycles. The molecule has 0 saturated carbocycles. The number of amides is 1. The molecule has 2 N–H and O–H groups in total. The lowest BCUT2D eigenvalue weighted by atomic mass is 10.1. The Bertz CT molecular complexity index is 674. The van der Waals surface area contributed by atoms with Crippen molar-refractivity contribution >= 4 is 5.91 Å². The van der Waals surface area contributed by atoms with Gasteiger partial charge in [0, 0.05) is 6.54 Å². The van der Waals surface area contributed by atoms with Crippen LogP contribution < -0.4 is 10.5 Å². The van der Waals surface area contributed by atoms with E-state index >= 15 is 0 Å². The quantitative estimate of drug-likeness (QED) is 0.856. The second kappa shape index (κ2) is 6.74. The molecule has 8 heteroatoms. The van der Waals surface area contributed by atoms with Crippen LogP contribution in [0.4, 0.5) is 4.39 Å². The lowest BCUT2D eigenvalue weighted by molar-refractivity contribution is -0.121. The molecule has 122 valence electrons. The number of nitrogens with zero attached hydrogens (tertiary/aromatic N) is 3. The molecular formula is C15H17FN4O3. The van der Waals surface area contributed by atoms with Crippen molar-refractivity contribution in [2.75, 3.05) is 13.1 Å². The van der Waals surface area contributed by atoms with E-state index < -0.39 is 0 Å². The first-order valence-electron chi connectivity index (χ1n) is 7.31. The Hall–Kier alpha value is -2.48. The van der Waals surface area contributed by atoms with Gasteiger partial charge >= 0.3 is 0 Å². The number of primary amides is 1. The summed E-state index contributed by atoms with van der Waals surface area (Å²) in [5.41, 5.74) is 5.30. The highest BCUT2D eigenvalue weighted by atomic mass is 19.1. The second-order valence-corrected chi connectivity index (χ2v) is 5.47. The Morgan fingerprint density at radius 1 is 1.43 bits per heavy atom. The van der Waals surface area contributed by atoms with E-state index in [-0.39, 0.29) is 24.2 Å². The van der Waals surface area contributed by atoms with E-state index in [4.69, 9.17) is 15.0 Å². The zero-order valence-corrected chi connectivity index (χ0v) is 12.4. The predicted molar refractivity (Wildman–Crippen MR) is 77.6 cm³/mol. The first-order valence-corrected chi connectivity index (χ1v) is 7.31. The van der Waals surface area contributed by atoms with Crippen molar-refractivity contribution in [3.05, 3.63) is 41.8 Å². The van der Waals surface area contributed by atoms with Crippen LogP contribution in [0.15, 0.2) is 28.8 Å². The number of carbonyl (C=O) groups excluding carboxylic acids is 1. The van der Waals surface area contributed by atoms with Crippen molar-refractivity contribution in [3.63, 3.8) is 0 Å². The minimum absolute atomic E-state index is 0.112. The Balaban J connectivity index is 1.50. The van der Waals surface area contributed by atoms with Crippen LogP contribution in [0.1, 0.15) is 18.1 Å². The molecular weight excluding hydrogens is 303 g/mol. The number of ether oxygens (including phenoxy) is 1. The van der Waals surface area contributed by atoms with Crippen molar-refractivity contribution in [3.8, 4) is 5.75 Å². The number of benzene rings is 1. The fourth-order valence-corrected chi connectivity index (χ4v) is 2.49. The molecule has 1 aliphatic rings. The van der Waals surface area contributed by atoms with E-state index in [1.165, 1.54) is 24.3 Å². The molecule has 2 heterocycles. The maximum Gasteiger partial charge on any atom is 0.240 e. The zero-order valence-electron chi connectivity index (χ0n) is 12.4. The van der Waals surface area contributed by atoms with Crippen LogP contribution in [-0.2, 0) is 17.9 Å². The number of hydrogen-bond acceptors (Lipinski definition) is 6. The molecule has 0 unspecified atom stereocenters. The Kier molecular flexibility index (Phi) is 4.52. The second-order valence-electron chi connectivity index (χ2n) is 5.47. The highest BCUT2D eigenvalue weighted by Crippen LogP contribution is 2.18. The van der Waals surface area contributed by atoms with Gasteiger partial charge in [0.15, 0.2) is 6.61 Å². The van der Waals surface area contributed by atoms with E-state index in [0.717, 1.165) is 13.0 Å². The third-order valence-electron chi connectivity index (χ3n) is 3.73. The average Bonchev–Trinajstić information content (AvgIpc) is 3.17. The van der Waals surface area contributed by atoms with Gasteiger partial charge < -0.3 is 15.0 Å². The molecule has 1 fully saturated rings. The summed E-state index contributed by atoms with van der Waals surface area (Å²) < 4.78 is 23.4.